The van der Waals surface area contributed by atoms with Gasteiger partial charge in [0.2, 0.25) is 5.82 Å². The van der Waals surface area contributed by atoms with Gasteiger partial charge in [0.15, 0.2) is 0 Å². The Kier molecular flexibility index (Phi) is 6.98. The monoisotopic (exact) mass is 441 g/mol. The van der Waals surface area contributed by atoms with Gasteiger partial charge < -0.3 is 10.1 Å². The Morgan fingerprint density at radius 3 is 2.39 bits per heavy atom. The number of benzene rings is 2. The van der Waals surface area contributed by atoms with Crippen molar-refractivity contribution >= 4 is 28.1 Å². The Hall–Kier alpha value is -3.30. The Balaban J connectivity index is 1.75. The second-order valence-electron chi connectivity index (χ2n) is 6.90. The van der Waals surface area contributed by atoms with Crippen LogP contribution in [0.15, 0.2) is 59.6 Å². The van der Waals surface area contributed by atoms with Crippen LogP contribution in [0.5, 0.6) is 0 Å². The minimum absolute atomic E-state index is 0.0360. The average Bonchev–Trinajstić information content (AvgIpc) is 3.16. The van der Waals surface area contributed by atoms with Crippen LogP contribution in [-0.4, -0.2) is 29.5 Å². The van der Waals surface area contributed by atoms with E-state index in [9.17, 15) is 18.5 Å². The van der Waals surface area contributed by atoms with Gasteiger partial charge in [-0.3, -0.25) is 4.18 Å². The molecule has 3 aromatic rings. The number of nitro groups is 1. The van der Waals surface area contributed by atoms with E-state index in [4.69, 9.17) is 4.18 Å². The van der Waals surface area contributed by atoms with E-state index in [0.29, 0.717) is 5.82 Å². The maximum absolute atomic E-state index is 12.3. The van der Waals surface area contributed by atoms with E-state index >= 15 is 0 Å². The highest BCUT2D eigenvalue weighted by Crippen LogP contribution is 2.18. The molecule has 0 aliphatic carbocycles. The fourth-order valence-corrected chi connectivity index (χ4v) is 3.83. The third kappa shape index (κ3) is 5.65. The zero-order valence-electron chi connectivity index (χ0n) is 17.3. The summed E-state index contributed by atoms with van der Waals surface area (Å²) in [7, 11) is -3.96. The maximum atomic E-state index is 12.3. The minimum atomic E-state index is -3.96. The summed E-state index contributed by atoms with van der Waals surface area (Å²) in [6.45, 7) is 3.61. The largest absolute Gasteiger partial charge is 0.358 e. The lowest BCUT2D eigenvalue weighted by molar-refractivity contribution is -0.392. The molecule has 0 saturated heterocycles. The Morgan fingerprint density at radius 1 is 1.10 bits per heavy atom. The summed E-state index contributed by atoms with van der Waals surface area (Å²) in [5.41, 5.74) is 3.06. The number of imidazole rings is 1. The van der Waals surface area contributed by atoms with Crippen LogP contribution in [-0.2, 0) is 27.3 Å². The Bertz CT molecular complexity index is 1180. The van der Waals surface area contributed by atoms with E-state index in [1.54, 1.807) is 24.3 Å². The molecule has 162 valence electrons. The summed E-state index contributed by atoms with van der Waals surface area (Å²) < 4.78 is 31.1. The molecule has 0 radical (unpaired) electrons. The zero-order valence-corrected chi connectivity index (χ0v) is 18.1. The smallest absolute Gasteiger partial charge is 0.343 e. The topological polar surface area (TPSA) is 104 Å². The lowest BCUT2D eigenvalue weighted by Crippen LogP contribution is -2.14. The molecule has 3 rings (SSSR count). The highest BCUT2D eigenvalue weighted by molar-refractivity contribution is 7.86. The summed E-state index contributed by atoms with van der Waals surface area (Å²) in [5, 5.41) is 11.4. The van der Waals surface area contributed by atoms with Crippen molar-refractivity contribution in [3.05, 3.63) is 87.4 Å². The predicted molar refractivity (Wildman–Crippen MR) is 118 cm³/mol. The third-order valence-corrected chi connectivity index (χ3v) is 6.05. The van der Waals surface area contributed by atoms with Crippen LogP contribution in [0, 0.1) is 17.0 Å². The van der Waals surface area contributed by atoms with Gasteiger partial charge in [-0.05, 0) is 47.6 Å². The number of aryl methyl sites for hydroxylation is 2. The molecule has 0 bridgehead atoms. The summed E-state index contributed by atoms with van der Waals surface area (Å²) >= 11 is 0. The van der Waals surface area contributed by atoms with Crippen LogP contribution in [0.3, 0.4) is 0 Å². The van der Waals surface area contributed by atoms with Crippen LogP contribution in [0.1, 0.15) is 29.4 Å². The molecule has 8 nitrogen and oxygen atoms in total. The molecule has 0 saturated carbocycles. The van der Waals surface area contributed by atoms with Crippen molar-refractivity contribution in [2.24, 2.45) is 0 Å². The number of aromatic nitrogens is 2. The molecular weight excluding hydrogens is 418 g/mol. The first kappa shape index (κ1) is 22.4. The fourth-order valence-electron chi connectivity index (χ4n) is 2.93. The van der Waals surface area contributed by atoms with Crippen molar-refractivity contribution in [1.82, 2.24) is 9.55 Å². The second kappa shape index (κ2) is 9.67. The van der Waals surface area contributed by atoms with Gasteiger partial charge in [-0.15, -0.1) is 0 Å². The number of hydrogen-bond donors (Lipinski definition) is 0. The van der Waals surface area contributed by atoms with Crippen molar-refractivity contribution in [2.45, 2.75) is 31.7 Å². The molecule has 1 aromatic heterocycles. The van der Waals surface area contributed by atoms with Gasteiger partial charge in [-0.2, -0.15) is 8.42 Å². The molecule has 0 spiro atoms. The van der Waals surface area contributed by atoms with E-state index in [-0.39, 0.29) is 23.9 Å². The quantitative estimate of drug-likeness (QED) is 0.279. The zero-order chi connectivity index (χ0) is 22.4. The normalized spacial score (nSPS) is 11.8. The van der Waals surface area contributed by atoms with Gasteiger partial charge in [-0.25, -0.2) is 9.55 Å². The van der Waals surface area contributed by atoms with Crippen LogP contribution >= 0.6 is 0 Å². The predicted octanol–water partition coefficient (Wildman–Crippen LogP) is 4.24. The second-order valence-corrected chi connectivity index (χ2v) is 8.52. The molecule has 1 heterocycles. The molecule has 0 unspecified atom stereocenters. The molecular formula is C22H23N3O5S. The standard InChI is InChI=1S/C22H23N3O5S/c1-3-18-6-8-19(9-7-18)10-13-21-23-16-22(25(26)27)24(21)14-15-30-31(28,29)20-11-4-17(2)5-12-20/h4-13,16H,3,14-15H2,1-2H3. The van der Waals surface area contributed by atoms with Crippen molar-refractivity contribution in [1.29, 1.82) is 0 Å². The van der Waals surface area contributed by atoms with Crippen molar-refractivity contribution < 1.29 is 17.5 Å². The molecule has 9 heteroatoms. The molecule has 0 amide bonds. The fraction of sp³-hybridized carbons (Fsp3) is 0.227. The van der Waals surface area contributed by atoms with E-state index in [1.807, 2.05) is 31.2 Å². The summed E-state index contributed by atoms with van der Waals surface area (Å²) in [6, 6.07) is 14.2. The number of nitrogens with zero attached hydrogens (tertiary/aromatic N) is 3. The van der Waals surface area contributed by atoms with Gasteiger partial charge in [0.1, 0.15) is 19.3 Å². The van der Waals surface area contributed by atoms with Crippen LogP contribution in [0.4, 0.5) is 5.82 Å². The Labute approximate surface area is 181 Å². The van der Waals surface area contributed by atoms with Gasteiger partial charge in [-0.1, -0.05) is 48.9 Å². The molecule has 0 fully saturated rings. The molecule has 31 heavy (non-hydrogen) atoms. The molecule has 2 aromatic carbocycles. The van der Waals surface area contributed by atoms with Crippen LogP contribution in [0.2, 0.25) is 0 Å². The van der Waals surface area contributed by atoms with Crippen LogP contribution < -0.4 is 0 Å². The summed E-state index contributed by atoms with van der Waals surface area (Å²) in [4.78, 5) is 14.9. The van der Waals surface area contributed by atoms with E-state index in [2.05, 4.69) is 11.9 Å². The minimum Gasteiger partial charge on any atom is -0.358 e. The first-order valence-corrected chi connectivity index (χ1v) is 11.1. The number of hydrogen-bond acceptors (Lipinski definition) is 6. The van der Waals surface area contributed by atoms with E-state index in [1.165, 1.54) is 22.3 Å². The van der Waals surface area contributed by atoms with Crippen LogP contribution in [0.25, 0.3) is 12.2 Å². The molecule has 0 N–H and O–H groups in total. The van der Waals surface area contributed by atoms with Gasteiger partial charge >= 0.3 is 5.82 Å². The Morgan fingerprint density at radius 2 is 1.77 bits per heavy atom. The highest BCUT2D eigenvalue weighted by Gasteiger charge is 2.21. The average molecular weight is 442 g/mol. The number of rotatable bonds is 9. The lowest BCUT2D eigenvalue weighted by atomic mass is 10.1. The lowest BCUT2D eigenvalue weighted by Gasteiger charge is -2.06. The van der Waals surface area contributed by atoms with E-state index in [0.717, 1.165) is 23.7 Å². The SMILES string of the molecule is CCc1ccc(C=Cc2ncc([N+](=O)[O-])n2CCOS(=O)(=O)c2ccc(C)cc2)cc1. The van der Waals surface area contributed by atoms with Crippen molar-refractivity contribution in [3.63, 3.8) is 0 Å². The third-order valence-electron chi connectivity index (χ3n) is 4.73. The first-order valence-electron chi connectivity index (χ1n) is 9.73. The molecule has 0 aliphatic heterocycles. The maximum Gasteiger partial charge on any atom is 0.343 e. The van der Waals surface area contributed by atoms with E-state index < -0.39 is 15.0 Å². The summed E-state index contributed by atoms with van der Waals surface area (Å²) in [5.74, 6) is 0.0971. The van der Waals surface area contributed by atoms with Crippen molar-refractivity contribution in [2.75, 3.05) is 6.61 Å². The summed E-state index contributed by atoms with van der Waals surface area (Å²) in [6.07, 6.45) is 5.54. The molecule has 0 aliphatic rings. The molecule has 0 atom stereocenters. The van der Waals surface area contributed by atoms with Gasteiger partial charge in [0.25, 0.3) is 10.1 Å². The first-order chi connectivity index (χ1) is 14.8. The highest BCUT2D eigenvalue weighted by atomic mass is 32.2. The van der Waals surface area contributed by atoms with Gasteiger partial charge in [0, 0.05) is 6.08 Å². The van der Waals surface area contributed by atoms with Crippen molar-refractivity contribution in [3.8, 4) is 0 Å². The van der Waals surface area contributed by atoms with Gasteiger partial charge in [0.05, 0.1) is 4.90 Å².